The maximum Gasteiger partial charge on any atom is 0.485 e. The fourth-order valence-electron chi connectivity index (χ4n) is 2.10. The minimum absolute atomic E-state index is 0.532. The summed E-state index contributed by atoms with van der Waals surface area (Å²) in [5.41, 5.74) is -5.65. The van der Waals surface area contributed by atoms with Gasteiger partial charge in [-0.3, -0.25) is 0 Å². The summed E-state index contributed by atoms with van der Waals surface area (Å²) in [5.74, 6) is 0. The standard InChI is InChI=1S/C13H8F3Te.CHF3O3S/c14-13(15,16)17-11-7-3-1-5-9(11)10-6-2-4-8-12(10)17;2-1(3,4)8(5,6)7/h1-8H;(H,5,6,7)/q+1;/p-1. The van der Waals surface area contributed by atoms with Gasteiger partial charge in [-0.05, 0) is 0 Å². The van der Waals surface area contributed by atoms with Crippen molar-refractivity contribution < 1.29 is 39.3 Å². The first-order chi connectivity index (χ1) is 11.3. The van der Waals surface area contributed by atoms with E-state index in [1.54, 1.807) is 48.5 Å². The van der Waals surface area contributed by atoms with Crippen LogP contribution in [0.5, 0.6) is 0 Å². The van der Waals surface area contributed by atoms with E-state index in [2.05, 4.69) is 0 Å². The minimum Gasteiger partial charge on any atom is -0.741 e. The first kappa shape index (κ1) is 20.0. The van der Waals surface area contributed by atoms with Gasteiger partial charge < -0.3 is 4.55 Å². The minimum atomic E-state index is -6.09. The van der Waals surface area contributed by atoms with Crippen LogP contribution in [-0.2, 0) is 14.3 Å². The fraction of sp³-hybridized carbons (Fsp3) is 0.143. The molecule has 1 heterocycles. The summed E-state index contributed by atoms with van der Waals surface area (Å²) >= 11 is -3.42. The Hall–Kier alpha value is -1.28. The Morgan fingerprint density at radius 1 is 0.760 bits per heavy atom. The van der Waals surface area contributed by atoms with Gasteiger partial charge in [-0.15, -0.1) is 0 Å². The van der Waals surface area contributed by atoms with E-state index < -0.39 is 38.9 Å². The van der Waals surface area contributed by atoms with Gasteiger partial charge in [0.25, 0.3) is 0 Å². The maximum absolute atomic E-state index is 13.2. The summed E-state index contributed by atoms with van der Waals surface area (Å²) in [5, 5.41) is 1.55. The average molecular weight is 498 g/mol. The van der Waals surface area contributed by atoms with E-state index in [-0.39, 0.29) is 0 Å². The third kappa shape index (κ3) is 4.28. The van der Waals surface area contributed by atoms with E-state index in [4.69, 9.17) is 13.0 Å². The van der Waals surface area contributed by atoms with Crippen LogP contribution in [0, 0.1) is 0 Å². The van der Waals surface area contributed by atoms with Gasteiger partial charge in [-0.25, -0.2) is 8.42 Å². The molecule has 11 heteroatoms. The predicted molar refractivity (Wildman–Crippen MR) is 80.0 cm³/mol. The maximum atomic E-state index is 13.2. The largest absolute Gasteiger partial charge is 0.741 e. The van der Waals surface area contributed by atoms with Gasteiger partial charge >= 0.3 is 108 Å². The molecule has 25 heavy (non-hydrogen) atoms. The van der Waals surface area contributed by atoms with Gasteiger partial charge in [-0.1, -0.05) is 0 Å². The van der Waals surface area contributed by atoms with Crippen molar-refractivity contribution in [3.05, 3.63) is 48.5 Å². The van der Waals surface area contributed by atoms with Gasteiger partial charge in [0.05, 0.1) is 0 Å². The van der Waals surface area contributed by atoms with Crippen molar-refractivity contribution >= 4 is 46.8 Å². The van der Waals surface area contributed by atoms with Crippen LogP contribution in [-0.4, -0.2) is 37.5 Å². The second kappa shape index (κ2) is 6.79. The van der Waals surface area contributed by atoms with E-state index in [1.807, 2.05) is 0 Å². The van der Waals surface area contributed by atoms with Crippen molar-refractivity contribution in [2.24, 2.45) is 0 Å². The molecule has 0 saturated carbocycles. The summed E-state index contributed by atoms with van der Waals surface area (Å²) in [6.45, 7) is 0. The molecule has 0 aliphatic heterocycles. The molecular weight excluding hydrogens is 490 g/mol. The quantitative estimate of drug-likeness (QED) is 0.202. The van der Waals surface area contributed by atoms with E-state index in [9.17, 15) is 26.3 Å². The van der Waals surface area contributed by atoms with Crippen LogP contribution in [0.4, 0.5) is 26.3 Å². The smallest absolute Gasteiger partial charge is 0.485 e. The Labute approximate surface area is 144 Å². The van der Waals surface area contributed by atoms with Crippen molar-refractivity contribution in [1.82, 2.24) is 0 Å². The zero-order valence-corrected chi connectivity index (χ0v) is 15.1. The Bertz CT molecular complexity index is 951. The molecule has 0 spiro atoms. The Kier molecular flexibility index (Phi) is 5.44. The normalized spacial score (nSPS) is 12.9. The van der Waals surface area contributed by atoms with Crippen LogP contribution in [0.3, 0.4) is 0 Å². The monoisotopic (exact) mass is 500 g/mol. The van der Waals surface area contributed by atoms with Crippen molar-refractivity contribution in [2.75, 3.05) is 0 Å². The molecule has 0 unspecified atom stereocenters. The molecule has 3 nitrogen and oxygen atoms in total. The third-order valence-corrected chi connectivity index (χ3v) is 9.45. The van der Waals surface area contributed by atoms with E-state index in [0.29, 0.717) is 6.80 Å². The zero-order chi connectivity index (χ0) is 19.0. The second-order valence-electron chi connectivity index (χ2n) is 4.64. The van der Waals surface area contributed by atoms with Crippen molar-refractivity contribution in [3.63, 3.8) is 0 Å². The van der Waals surface area contributed by atoms with Crippen molar-refractivity contribution in [3.8, 4) is 0 Å². The number of halogens is 6. The zero-order valence-electron chi connectivity index (χ0n) is 11.9. The molecule has 0 radical (unpaired) electrons. The summed E-state index contributed by atoms with van der Waals surface area (Å²) < 4.78 is 95.5. The topological polar surface area (TPSA) is 57.2 Å². The summed E-state index contributed by atoms with van der Waals surface area (Å²) in [7, 11) is -6.09. The van der Waals surface area contributed by atoms with Crippen LogP contribution in [0.1, 0.15) is 0 Å². The molecular formula is C14H8F6O3STe. The first-order valence-corrected chi connectivity index (χ1v) is 11.3. The summed E-state index contributed by atoms with van der Waals surface area (Å²) in [6.07, 6.45) is 0. The molecule has 0 saturated heterocycles. The number of fused-ring (bicyclic) bond motifs is 3. The Morgan fingerprint density at radius 3 is 1.36 bits per heavy atom. The first-order valence-electron chi connectivity index (χ1n) is 6.36. The summed E-state index contributed by atoms with van der Waals surface area (Å²) in [6, 6.07) is 13.9. The van der Waals surface area contributed by atoms with Gasteiger partial charge in [0, 0.05) is 0 Å². The molecule has 2 aromatic carbocycles. The molecule has 136 valence electrons. The van der Waals surface area contributed by atoms with Crippen LogP contribution >= 0.6 is 0 Å². The predicted octanol–water partition coefficient (Wildman–Crippen LogP) is 4.27. The number of hydrogen-bond donors (Lipinski definition) is 0. The molecule has 0 atom stereocenters. The van der Waals surface area contributed by atoms with Gasteiger partial charge in [0.2, 0.25) is 0 Å². The SMILES string of the molecule is FC(F)(F)[te+]1c2ccccc2c2ccccc21.O=S(=O)([O-])C(F)(F)F. The van der Waals surface area contributed by atoms with E-state index >= 15 is 0 Å². The Balaban J connectivity index is 0.000000242. The number of alkyl halides is 6. The summed E-state index contributed by atoms with van der Waals surface area (Å²) in [4.78, 5) is 0. The number of benzene rings is 2. The molecule has 0 N–H and O–H groups in total. The number of hydrogen-bond acceptors (Lipinski definition) is 3. The third-order valence-electron chi connectivity index (χ3n) is 3.02. The van der Waals surface area contributed by atoms with Crippen LogP contribution in [0.15, 0.2) is 48.5 Å². The van der Waals surface area contributed by atoms with E-state index in [0.717, 1.165) is 10.8 Å². The van der Waals surface area contributed by atoms with Crippen molar-refractivity contribution in [1.29, 1.82) is 0 Å². The molecule has 3 aromatic rings. The Morgan fingerprint density at radius 2 is 1.08 bits per heavy atom. The second-order valence-corrected chi connectivity index (χ2v) is 11.6. The molecule has 3 rings (SSSR count). The fourth-order valence-corrected chi connectivity index (χ4v) is 7.70. The van der Waals surface area contributed by atoms with E-state index in [1.165, 1.54) is 0 Å². The van der Waals surface area contributed by atoms with Gasteiger partial charge in [0.15, 0.2) is 10.1 Å². The van der Waals surface area contributed by atoms with Gasteiger partial charge in [0.1, 0.15) is 0 Å². The molecule has 0 amide bonds. The molecule has 1 aromatic heterocycles. The van der Waals surface area contributed by atoms with Crippen LogP contribution < -0.4 is 0 Å². The van der Waals surface area contributed by atoms with Crippen LogP contribution in [0.2, 0.25) is 0 Å². The molecule has 0 aliphatic rings. The molecule has 0 aliphatic carbocycles. The molecule has 0 fully saturated rings. The van der Waals surface area contributed by atoms with Crippen LogP contribution in [0.25, 0.3) is 17.6 Å². The number of rotatable bonds is 0. The molecule has 0 bridgehead atoms. The van der Waals surface area contributed by atoms with Crippen molar-refractivity contribution in [2.45, 2.75) is 9.73 Å². The average Bonchev–Trinajstić information content (AvgIpc) is 2.80. The van der Waals surface area contributed by atoms with Gasteiger partial charge in [-0.2, -0.15) is 13.2 Å².